The first-order valence-electron chi connectivity index (χ1n) is 10.1. The van der Waals surface area contributed by atoms with E-state index in [0.717, 1.165) is 57.2 Å². The second-order valence-corrected chi connectivity index (χ2v) is 7.54. The molecule has 3 rings (SSSR count). The number of carbonyl (C=O) groups is 1. The van der Waals surface area contributed by atoms with Crippen LogP contribution in [0.1, 0.15) is 32.3 Å². The van der Waals surface area contributed by atoms with E-state index < -0.39 is 0 Å². The van der Waals surface area contributed by atoms with Crippen LogP contribution in [0, 0.1) is 5.41 Å². The molecule has 0 aromatic heterocycles. The maximum Gasteiger partial charge on any atom is 0.244 e. The number of likely N-dealkylation sites (N-methyl/N-ethyl adjacent to an activating group) is 1. The van der Waals surface area contributed by atoms with Gasteiger partial charge >= 0.3 is 0 Å². The Morgan fingerprint density at radius 2 is 2.11 bits per heavy atom. The van der Waals surface area contributed by atoms with Gasteiger partial charge in [-0.2, -0.15) is 0 Å². The second-order valence-electron chi connectivity index (χ2n) is 7.54. The number of benzene rings is 1. The molecule has 1 aromatic rings. The summed E-state index contributed by atoms with van der Waals surface area (Å²) in [5, 5.41) is 3.36. The minimum absolute atomic E-state index is 0.0647. The monoisotopic (exact) mass is 372 g/mol. The molecule has 2 fully saturated rings. The number of nitrogens with one attached hydrogen (secondary N) is 1. The van der Waals surface area contributed by atoms with Crippen LogP contribution in [0.3, 0.4) is 0 Å². The smallest absolute Gasteiger partial charge is 0.244 e. The third kappa shape index (κ3) is 5.01. The molecule has 6 heteroatoms. The summed E-state index contributed by atoms with van der Waals surface area (Å²) in [6.07, 6.45) is 2.27. The first kappa shape index (κ1) is 19.7. The highest BCUT2D eigenvalue weighted by atomic mass is 16.5. The van der Waals surface area contributed by atoms with Gasteiger partial charge in [-0.25, -0.2) is 4.99 Å². The molecule has 2 heterocycles. The van der Waals surface area contributed by atoms with Gasteiger partial charge in [0.15, 0.2) is 5.96 Å². The number of ether oxygens (including phenoxy) is 1. The fraction of sp³-hybridized carbons (Fsp3) is 0.619. The zero-order chi connectivity index (χ0) is 19.1. The van der Waals surface area contributed by atoms with Gasteiger partial charge in [0.2, 0.25) is 5.91 Å². The molecule has 1 aromatic carbocycles. The molecule has 1 amide bonds. The maximum atomic E-state index is 12.7. The third-order valence-electron chi connectivity index (χ3n) is 5.57. The Balaban J connectivity index is 1.60. The molecule has 0 aliphatic carbocycles. The number of aliphatic imine (C=N–C) groups is 1. The lowest BCUT2D eigenvalue weighted by Crippen LogP contribution is -2.42. The van der Waals surface area contributed by atoms with Crippen molar-refractivity contribution >= 4 is 11.9 Å². The number of guanidine groups is 1. The van der Waals surface area contributed by atoms with E-state index in [1.54, 1.807) is 0 Å². The largest absolute Gasteiger partial charge is 0.381 e. The molecule has 148 valence electrons. The highest BCUT2D eigenvalue weighted by Gasteiger charge is 2.42. The number of amides is 1. The van der Waals surface area contributed by atoms with Crippen LogP contribution >= 0.6 is 0 Å². The summed E-state index contributed by atoms with van der Waals surface area (Å²) in [6.45, 7) is 10.0. The van der Waals surface area contributed by atoms with Crippen LogP contribution in [0.25, 0.3) is 0 Å². The maximum absolute atomic E-state index is 12.7. The summed E-state index contributed by atoms with van der Waals surface area (Å²) >= 11 is 0. The molecule has 6 nitrogen and oxygen atoms in total. The van der Waals surface area contributed by atoms with Crippen LogP contribution < -0.4 is 5.32 Å². The summed E-state index contributed by atoms with van der Waals surface area (Å²) in [5.74, 6) is 0.917. The molecule has 2 aliphatic heterocycles. The topological polar surface area (TPSA) is 57.2 Å². The molecule has 1 atom stereocenters. The molecule has 1 N–H and O–H groups in total. The number of nitrogens with zero attached hydrogens (tertiary/aromatic N) is 3. The van der Waals surface area contributed by atoms with Gasteiger partial charge in [-0.3, -0.25) is 4.79 Å². The van der Waals surface area contributed by atoms with Crippen LogP contribution in [0.4, 0.5) is 0 Å². The average Bonchev–Trinajstić information content (AvgIpc) is 3.33. The molecule has 0 radical (unpaired) electrons. The van der Waals surface area contributed by atoms with Crippen molar-refractivity contribution in [1.82, 2.24) is 15.1 Å². The zero-order valence-corrected chi connectivity index (χ0v) is 16.6. The number of carbonyl (C=O) groups excluding carboxylic acids is 1. The van der Waals surface area contributed by atoms with E-state index in [9.17, 15) is 4.79 Å². The number of hydrogen-bond acceptors (Lipinski definition) is 3. The first-order valence-corrected chi connectivity index (χ1v) is 10.1. The van der Waals surface area contributed by atoms with Crippen molar-refractivity contribution in [3.05, 3.63) is 35.9 Å². The normalized spacial score (nSPS) is 22.4. The third-order valence-corrected chi connectivity index (χ3v) is 5.57. The summed E-state index contributed by atoms with van der Waals surface area (Å²) < 4.78 is 5.62. The predicted molar refractivity (Wildman–Crippen MR) is 108 cm³/mol. The Hall–Kier alpha value is -2.08. The minimum Gasteiger partial charge on any atom is -0.381 e. The lowest BCUT2D eigenvalue weighted by Gasteiger charge is -2.25. The highest BCUT2D eigenvalue weighted by molar-refractivity contribution is 5.85. The summed E-state index contributed by atoms with van der Waals surface area (Å²) in [6, 6.07) is 10.1. The van der Waals surface area contributed by atoms with E-state index in [-0.39, 0.29) is 17.9 Å². The van der Waals surface area contributed by atoms with Gasteiger partial charge < -0.3 is 19.9 Å². The van der Waals surface area contributed by atoms with E-state index in [4.69, 9.17) is 4.74 Å². The van der Waals surface area contributed by atoms with Gasteiger partial charge in [-0.15, -0.1) is 0 Å². The Morgan fingerprint density at radius 1 is 1.30 bits per heavy atom. The molecule has 2 saturated heterocycles. The van der Waals surface area contributed by atoms with Gasteiger partial charge in [0.1, 0.15) is 6.54 Å². The van der Waals surface area contributed by atoms with Crippen molar-refractivity contribution in [2.45, 2.75) is 33.2 Å². The highest BCUT2D eigenvalue weighted by Crippen LogP contribution is 2.38. The van der Waals surface area contributed by atoms with Crippen molar-refractivity contribution < 1.29 is 9.53 Å². The molecule has 0 saturated carbocycles. The Morgan fingerprint density at radius 3 is 2.78 bits per heavy atom. The molecule has 1 unspecified atom stereocenters. The number of hydrogen-bond donors (Lipinski definition) is 1. The fourth-order valence-corrected chi connectivity index (χ4v) is 3.94. The first-order chi connectivity index (χ1) is 13.2. The van der Waals surface area contributed by atoms with Crippen molar-refractivity contribution in [2.24, 2.45) is 10.4 Å². The van der Waals surface area contributed by atoms with E-state index in [1.807, 2.05) is 30.0 Å². The van der Waals surface area contributed by atoms with Crippen molar-refractivity contribution in [3.8, 4) is 0 Å². The van der Waals surface area contributed by atoms with Crippen LogP contribution in [-0.2, 0) is 16.1 Å². The number of likely N-dealkylation sites (tertiary alicyclic amines) is 1. The standard InChI is InChI=1S/C21H32N4O2/c1-3-22-20(25-12-10-21(16-25)11-13-27-17-21)23-14-19(26)24(4-2)15-18-8-6-5-7-9-18/h5-9H,3-4,10-17H2,1-2H3,(H,22,23). The van der Waals surface area contributed by atoms with Gasteiger partial charge in [-0.1, -0.05) is 30.3 Å². The van der Waals surface area contributed by atoms with Crippen molar-refractivity contribution in [3.63, 3.8) is 0 Å². The predicted octanol–water partition coefficient (Wildman–Crippen LogP) is 2.11. The quantitative estimate of drug-likeness (QED) is 0.614. The van der Waals surface area contributed by atoms with E-state index in [1.165, 1.54) is 0 Å². The van der Waals surface area contributed by atoms with Gasteiger partial charge in [0, 0.05) is 44.7 Å². The summed E-state index contributed by atoms with van der Waals surface area (Å²) in [7, 11) is 0. The second kappa shape index (κ2) is 9.22. The molecule has 1 spiro atoms. The number of rotatable bonds is 6. The summed E-state index contributed by atoms with van der Waals surface area (Å²) in [5.41, 5.74) is 1.43. The summed E-state index contributed by atoms with van der Waals surface area (Å²) in [4.78, 5) is 21.5. The van der Waals surface area contributed by atoms with Crippen LogP contribution in [-0.4, -0.2) is 67.6 Å². The van der Waals surface area contributed by atoms with Gasteiger partial charge in [-0.05, 0) is 32.3 Å². The Labute approximate surface area is 162 Å². The molecule has 27 heavy (non-hydrogen) atoms. The lowest BCUT2D eigenvalue weighted by atomic mass is 9.87. The van der Waals surface area contributed by atoms with E-state index in [0.29, 0.717) is 13.1 Å². The lowest BCUT2D eigenvalue weighted by molar-refractivity contribution is -0.130. The fourth-order valence-electron chi connectivity index (χ4n) is 3.94. The van der Waals surface area contributed by atoms with Gasteiger partial charge in [0.25, 0.3) is 0 Å². The van der Waals surface area contributed by atoms with E-state index >= 15 is 0 Å². The zero-order valence-electron chi connectivity index (χ0n) is 16.6. The molecule has 0 bridgehead atoms. The minimum atomic E-state index is 0.0647. The molecular weight excluding hydrogens is 340 g/mol. The van der Waals surface area contributed by atoms with Crippen LogP contribution in [0.2, 0.25) is 0 Å². The SMILES string of the molecule is CCNC(=NCC(=O)N(CC)Cc1ccccc1)N1CCC2(CCOC2)C1. The van der Waals surface area contributed by atoms with Gasteiger partial charge in [0.05, 0.1) is 6.61 Å². The molecular formula is C21H32N4O2. The van der Waals surface area contributed by atoms with Crippen LogP contribution in [0.15, 0.2) is 35.3 Å². The van der Waals surface area contributed by atoms with E-state index in [2.05, 4.69) is 34.3 Å². The average molecular weight is 373 g/mol. The Bertz CT molecular complexity index is 641. The van der Waals surface area contributed by atoms with Crippen LogP contribution in [0.5, 0.6) is 0 Å². The Kier molecular flexibility index (Phi) is 6.72. The molecule has 2 aliphatic rings. The van der Waals surface area contributed by atoms with Crippen molar-refractivity contribution in [2.75, 3.05) is 45.9 Å². The van der Waals surface area contributed by atoms with Crippen molar-refractivity contribution in [1.29, 1.82) is 0 Å².